The van der Waals surface area contributed by atoms with Gasteiger partial charge in [-0.2, -0.15) is 0 Å². The molecule has 0 aliphatic carbocycles. The quantitative estimate of drug-likeness (QED) is 0.944. The minimum absolute atomic E-state index is 0.0802. The van der Waals surface area contributed by atoms with Gasteiger partial charge in [-0.25, -0.2) is 4.39 Å². The number of nitrogens with one attached hydrogen (secondary N) is 1. The van der Waals surface area contributed by atoms with Crippen LogP contribution in [0.3, 0.4) is 0 Å². The van der Waals surface area contributed by atoms with Crippen LogP contribution < -0.4 is 5.32 Å². The Morgan fingerprint density at radius 1 is 1.43 bits per heavy atom. The zero-order valence-electron chi connectivity index (χ0n) is 12.0. The second-order valence-electron chi connectivity index (χ2n) is 5.00. The van der Waals surface area contributed by atoms with Crippen LogP contribution in [0.2, 0.25) is 5.02 Å². The van der Waals surface area contributed by atoms with Gasteiger partial charge in [-0.05, 0) is 18.2 Å². The molecule has 1 aromatic heterocycles. The topological polar surface area (TPSA) is 59.8 Å². The van der Waals surface area contributed by atoms with Gasteiger partial charge in [0.25, 0.3) is 5.91 Å². The maximum absolute atomic E-state index is 13.1. The van der Waals surface area contributed by atoms with Gasteiger partial charge in [0.15, 0.2) is 5.82 Å². The SMILES string of the molecule is CC(C)c1nnc(CNC(=O)c2ccc(F)c(Cl)c2)n1C. The molecule has 0 saturated heterocycles. The lowest BCUT2D eigenvalue weighted by Crippen LogP contribution is -2.24. The molecule has 0 radical (unpaired) electrons. The number of hydrogen-bond donors (Lipinski definition) is 1. The van der Waals surface area contributed by atoms with Gasteiger partial charge in [0, 0.05) is 18.5 Å². The molecule has 5 nitrogen and oxygen atoms in total. The fraction of sp³-hybridized carbons (Fsp3) is 0.357. The monoisotopic (exact) mass is 310 g/mol. The number of nitrogens with zero attached hydrogens (tertiary/aromatic N) is 3. The molecule has 0 saturated carbocycles. The van der Waals surface area contributed by atoms with Crippen molar-refractivity contribution in [3.05, 3.63) is 46.3 Å². The van der Waals surface area contributed by atoms with E-state index in [-0.39, 0.29) is 23.4 Å². The maximum atomic E-state index is 13.1. The average Bonchev–Trinajstić information content (AvgIpc) is 2.80. The molecule has 0 aliphatic heterocycles. The number of amides is 1. The Hall–Kier alpha value is -1.95. The van der Waals surface area contributed by atoms with Gasteiger partial charge < -0.3 is 9.88 Å². The zero-order chi connectivity index (χ0) is 15.6. The van der Waals surface area contributed by atoms with Crippen molar-refractivity contribution in [1.29, 1.82) is 0 Å². The molecule has 21 heavy (non-hydrogen) atoms. The zero-order valence-corrected chi connectivity index (χ0v) is 12.8. The highest BCUT2D eigenvalue weighted by Crippen LogP contribution is 2.16. The van der Waals surface area contributed by atoms with Crippen LogP contribution in [0.1, 0.15) is 41.8 Å². The van der Waals surface area contributed by atoms with Gasteiger partial charge in [-0.3, -0.25) is 4.79 Å². The number of aromatic nitrogens is 3. The lowest BCUT2D eigenvalue weighted by atomic mass is 10.2. The van der Waals surface area contributed by atoms with Crippen LogP contribution in [-0.4, -0.2) is 20.7 Å². The van der Waals surface area contributed by atoms with E-state index in [0.717, 1.165) is 11.9 Å². The lowest BCUT2D eigenvalue weighted by Gasteiger charge is -2.08. The molecular weight excluding hydrogens is 295 g/mol. The molecule has 0 fully saturated rings. The summed E-state index contributed by atoms with van der Waals surface area (Å²) >= 11 is 5.66. The molecule has 0 unspecified atom stereocenters. The van der Waals surface area contributed by atoms with E-state index in [1.165, 1.54) is 12.1 Å². The smallest absolute Gasteiger partial charge is 0.251 e. The predicted molar refractivity (Wildman–Crippen MR) is 77.7 cm³/mol. The largest absolute Gasteiger partial charge is 0.345 e. The number of hydrogen-bond acceptors (Lipinski definition) is 3. The molecule has 1 amide bonds. The number of benzene rings is 1. The second kappa shape index (κ2) is 6.22. The summed E-state index contributed by atoms with van der Waals surface area (Å²) in [6, 6.07) is 3.84. The first-order chi connectivity index (χ1) is 9.90. The van der Waals surface area contributed by atoms with Crippen molar-refractivity contribution in [1.82, 2.24) is 20.1 Å². The molecule has 2 rings (SSSR count). The van der Waals surface area contributed by atoms with Crippen LogP contribution >= 0.6 is 11.6 Å². The molecule has 1 aromatic carbocycles. The molecule has 0 aliphatic rings. The van der Waals surface area contributed by atoms with Crippen LogP contribution in [0.25, 0.3) is 0 Å². The molecule has 1 heterocycles. The first-order valence-corrected chi connectivity index (χ1v) is 6.89. The summed E-state index contributed by atoms with van der Waals surface area (Å²) in [5.74, 6) is 0.862. The highest BCUT2D eigenvalue weighted by Gasteiger charge is 2.13. The standard InChI is InChI=1S/C14H16ClFN4O/c1-8(2)13-19-18-12(20(13)3)7-17-14(21)9-4-5-11(16)10(15)6-9/h4-6,8H,7H2,1-3H3,(H,17,21). The Balaban J connectivity index is 2.06. The van der Waals surface area contributed by atoms with E-state index in [9.17, 15) is 9.18 Å². The fourth-order valence-electron chi connectivity index (χ4n) is 1.93. The summed E-state index contributed by atoms with van der Waals surface area (Å²) in [4.78, 5) is 12.0. The summed E-state index contributed by atoms with van der Waals surface area (Å²) in [5.41, 5.74) is 0.299. The molecule has 2 aromatic rings. The summed E-state index contributed by atoms with van der Waals surface area (Å²) < 4.78 is 14.9. The van der Waals surface area contributed by atoms with E-state index in [1.54, 1.807) is 0 Å². The molecule has 7 heteroatoms. The molecule has 0 spiro atoms. The van der Waals surface area contributed by atoms with Gasteiger partial charge in [0.2, 0.25) is 0 Å². The maximum Gasteiger partial charge on any atom is 0.251 e. The van der Waals surface area contributed by atoms with E-state index >= 15 is 0 Å². The summed E-state index contributed by atoms with van der Waals surface area (Å²) in [5, 5.41) is 10.8. The normalized spacial score (nSPS) is 11.0. The van der Waals surface area contributed by atoms with Gasteiger partial charge in [0.05, 0.1) is 11.6 Å². The van der Waals surface area contributed by atoms with Crippen LogP contribution in [0.5, 0.6) is 0 Å². The Morgan fingerprint density at radius 2 is 2.14 bits per heavy atom. The Labute approximate surface area is 127 Å². The van der Waals surface area contributed by atoms with Crippen LogP contribution in [0.15, 0.2) is 18.2 Å². The van der Waals surface area contributed by atoms with Crippen molar-refractivity contribution < 1.29 is 9.18 Å². The van der Waals surface area contributed by atoms with Crippen molar-refractivity contribution >= 4 is 17.5 Å². The number of carbonyl (C=O) groups excluding carboxylic acids is 1. The third-order valence-electron chi connectivity index (χ3n) is 3.10. The van der Waals surface area contributed by atoms with Crippen LogP contribution in [-0.2, 0) is 13.6 Å². The van der Waals surface area contributed by atoms with Gasteiger partial charge in [-0.15, -0.1) is 10.2 Å². The highest BCUT2D eigenvalue weighted by molar-refractivity contribution is 6.31. The van der Waals surface area contributed by atoms with Crippen LogP contribution in [0.4, 0.5) is 4.39 Å². The molecule has 0 bridgehead atoms. The van der Waals surface area contributed by atoms with Gasteiger partial charge in [-0.1, -0.05) is 25.4 Å². The second-order valence-corrected chi connectivity index (χ2v) is 5.41. The summed E-state index contributed by atoms with van der Waals surface area (Å²) in [6.07, 6.45) is 0. The lowest BCUT2D eigenvalue weighted by molar-refractivity contribution is 0.0949. The molecule has 1 N–H and O–H groups in total. The minimum atomic E-state index is -0.553. The van der Waals surface area contributed by atoms with Crippen molar-refractivity contribution in [3.8, 4) is 0 Å². The number of halogens is 2. The van der Waals surface area contributed by atoms with E-state index < -0.39 is 5.82 Å². The van der Waals surface area contributed by atoms with E-state index in [2.05, 4.69) is 15.5 Å². The number of carbonyl (C=O) groups is 1. The predicted octanol–water partition coefficient (Wildman–Crippen LogP) is 2.66. The minimum Gasteiger partial charge on any atom is -0.345 e. The van der Waals surface area contributed by atoms with Gasteiger partial charge >= 0.3 is 0 Å². The first kappa shape index (κ1) is 15.4. The highest BCUT2D eigenvalue weighted by atomic mass is 35.5. The van der Waals surface area contributed by atoms with Crippen molar-refractivity contribution in [3.63, 3.8) is 0 Å². The molecule has 0 atom stereocenters. The third-order valence-corrected chi connectivity index (χ3v) is 3.39. The average molecular weight is 311 g/mol. The summed E-state index contributed by atoms with van der Waals surface area (Å²) in [6.45, 7) is 4.28. The fourth-order valence-corrected chi connectivity index (χ4v) is 2.11. The molecular formula is C14H16ClFN4O. The van der Waals surface area contributed by atoms with Crippen LogP contribution in [0, 0.1) is 5.82 Å². The Bertz CT molecular complexity index is 669. The van der Waals surface area contributed by atoms with Crippen molar-refractivity contribution in [2.24, 2.45) is 7.05 Å². The van der Waals surface area contributed by atoms with Crippen molar-refractivity contribution in [2.75, 3.05) is 0 Å². The van der Waals surface area contributed by atoms with Crippen molar-refractivity contribution in [2.45, 2.75) is 26.3 Å². The first-order valence-electron chi connectivity index (χ1n) is 6.51. The Kier molecular flexibility index (Phi) is 4.57. The third kappa shape index (κ3) is 3.39. The van der Waals surface area contributed by atoms with E-state index in [0.29, 0.717) is 11.4 Å². The van der Waals surface area contributed by atoms with E-state index in [4.69, 9.17) is 11.6 Å². The number of rotatable bonds is 4. The van der Waals surface area contributed by atoms with E-state index in [1.807, 2.05) is 25.5 Å². The summed E-state index contributed by atoms with van der Waals surface area (Å²) in [7, 11) is 1.85. The molecule has 112 valence electrons. The van der Waals surface area contributed by atoms with Gasteiger partial charge in [0.1, 0.15) is 11.6 Å². The Morgan fingerprint density at radius 3 is 2.71 bits per heavy atom.